The van der Waals surface area contributed by atoms with Gasteiger partial charge in [-0.1, -0.05) is 13.8 Å². The van der Waals surface area contributed by atoms with Gasteiger partial charge >= 0.3 is 0 Å². The molecule has 1 aliphatic carbocycles. The van der Waals surface area contributed by atoms with E-state index in [4.69, 9.17) is 24.0 Å². The first kappa shape index (κ1) is 16.2. The maximum atomic E-state index is 10.9. The van der Waals surface area contributed by atoms with Crippen molar-refractivity contribution in [3.8, 4) is 0 Å². The van der Waals surface area contributed by atoms with Gasteiger partial charge in [-0.05, 0) is 32.6 Å². The number of aliphatic hydroxyl groups is 1. The van der Waals surface area contributed by atoms with E-state index in [2.05, 4.69) is 13.8 Å². The Hall–Kier alpha value is -0.240. The van der Waals surface area contributed by atoms with Crippen LogP contribution in [-0.2, 0) is 24.0 Å². The average molecular weight is 328 g/mol. The lowest BCUT2D eigenvalue weighted by molar-refractivity contribution is -0.577. The van der Waals surface area contributed by atoms with Gasteiger partial charge in [-0.15, -0.1) is 0 Å². The lowest BCUT2D eigenvalue weighted by Crippen LogP contribution is -2.71. The first-order valence-electron chi connectivity index (χ1n) is 8.91. The first-order valence-corrected chi connectivity index (χ1v) is 8.91. The molecule has 0 aromatic heterocycles. The second-order valence-electron chi connectivity index (χ2n) is 7.88. The summed E-state index contributed by atoms with van der Waals surface area (Å²) in [6, 6.07) is 0. The number of hydrogen-bond donors (Lipinski definition) is 1. The van der Waals surface area contributed by atoms with Crippen LogP contribution >= 0.6 is 0 Å². The molecular weight excluding hydrogens is 300 g/mol. The topological polar surface area (TPSA) is 66.4 Å². The molecule has 2 bridgehead atoms. The van der Waals surface area contributed by atoms with Gasteiger partial charge in [-0.2, -0.15) is 0 Å². The fraction of sp³-hybridized carbons (Fsp3) is 1.00. The number of hydrogen-bond acceptors (Lipinski definition) is 6. The van der Waals surface area contributed by atoms with Gasteiger partial charge in [0.15, 0.2) is 18.2 Å². The average Bonchev–Trinajstić information content (AvgIpc) is 2.66. The molecule has 0 aromatic rings. The van der Waals surface area contributed by atoms with Gasteiger partial charge in [-0.3, -0.25) is 0 Å². The highest BCUT2D eigenvalue weighted by molar-refractivity contribution is 5.11. The van der Waals surface area contributed by atoms with E-state index < -0.39 is 23.8 Å². The first-order chi connectivity index (χ1) is 10.9. The molecule has 4 saturated heterocycles. The molecule has 23 heavy (non-hydrogen) atoms. The summed E-state index contributed by atoms with van der Waals surface area (Å²) < 4.78 is 18.2. The molecule has 1 spiro atoms. The smallest absolute Gasteiger partial charge is 0.204 e. The Kier molecular flexibility index (Phi) is 3.80. The van der Waals surface area contributed by atoms with Gasteiger partial charge in [0.25, 0.3) is 0 Å². The van der Waals surface area contributed by atoms with E-state index in [0.29, 0.717) is 18.9 Å². The third-order valence-corrected chi connectivity index (χ3v) is 6.38. The second kappa shape index (κ2) is 5.38. The molecule has 0 amide bonds. The van der Waals surface area contributed by atoms with E-state index in [9.17, 15) is 5.11 Å². The van der Waals surface area contributed by atoms with E-state index in [0.717, 1.165) is 12.8 Å². The number of ether oxygens (including phenoxy) is 3. The highest BCUT2D eigenvalue weighted by Gasteiger charge is 2.71. The summed E-state index contributed by atoms with van der Waals surface area (Å²) in [4.78, 5) is 11.7. The standard InChI is InChI=1S/C17H28O6/c1-5-19-14-10(3)11-7-6-9(2)13-12(18)8-16(4)21-15(20-14)17(11,13)23-22-16/h9-15,18H,5-8H2,1-4H3/t9-,10-,11+,12+,13-,14+,15+,16-,17-/m1/s1. The number of rotatable bonds is 2. The largest absolute Gasteiger partial charge is 0.392 e. The van der Waals surface area contributed by atoms with Crippen molar-refractivity contribution >= 4 is 0 Å². The van der Waals surface area contributed by atoms with Gasteiger partial charge in [-0.25, -0.2) is 9.78 Å². The predicted octanol–water partition coefficient (Wildman–Crippen LogP) is 2.20. The van der Waals surface area contributed by atoms with Crippen LogP contribution in [-0.4, -0.2) is 41.8 Å². The van der Waals surface area contributed by atoms with Gasteiger partial charge in [0.05, 0.1) is 6.10 Å². The Morgan fingerprint density at radius 3 is 2.74 bits per heavy atom. The maximum absolute atomic E-state index is 10.9. The molecule has 6 nitrogen and oxygen atoms in total. The summed E-state index contributed by atoms with van der Waals surface area (Å²) >= 11 is 0. The molecule has 1 saturated carbocycles. The Labute approximate surface area is 137 Å². The summed E-state index contributed by atoms with van der Waals surface area (Å²) in [6.45, 7) is 8.68. The summed E-state index contributed by atoms with van der Waals surface area (Å²) in [5.41, 5.74) is -0.750. The van der Waals surface area contributed by atoms with Crippen LogP contribution in [0, 0.1) is 23.7 Å². The predicted molar refractivity (Wildman–Crippen MR) is 79.8 cm³/mol. The Morgan fingerprint density at radius 1 is 1.22 bits per heavy atom. The number of aliphatic hydroxyl groups excluding tert-OH is 1. The third kappa shape index (κ3) is 2.16. The third-order valence-electron chi connectivity index (χ3n) is 6.38. The van der Waals surface area contributed by atoms with Crippen molar-refractivity contribution in [2.24, 2.45) is 23.7 Å². The minimum atomic E-state index is -0.978. The molecule has 5 fully saturated rings. The normalized spacial score (nSPS) is 58.6. The number of fused-ring (bicyclic) bond motifs is 2. The van der Waals surface area contributed by atoms with Gasteiger partial charge < -0.3 is 19.3 Å². The molecule has 5 aliphatic rings. The van der Waals surface area contributed by atoms with Crippen LogP contribution in [0.2, 0.25) is 0 Å². The van der Waals surface area contributed by atoms with E-state index in [1.807, 2.05) is 6.92 Å². The summed E-state index contributed by atoms with van der Waals surface area (Å²) in [5, 5.41) is 10.9. The van der Waals surface area contributed by atoms with Crippen molar-refractivity contribution in [3.63, 3.8) is 0 Å². The zero-order valence-electron chi connectivity index (χ0n) is 14.4. The lowest BCUT2D eigenvalue weighted by Gasteiger charge is -2.60. The minimum absolute atomic E-state index is 0.0550. The quantitative estimate of drug-likeness (QED) is 0.784. The molecule has 4 heterocycles. The van der Waals surface area contributed by atoms with Crippen LogP contribution in [0.3, 0.4) is 0 Å². The molecular formula is C17H28O6. The Bertz CT molecular complexity index is 472. The summed E-state index contributed by atoms with van der Waals surface area (Å²) in [5.74, 6) is -0.371. The molecule has 0 unspecified atom stereocenters. The fourth-order valence-corrected chi connectivity index (χ4v) is 5.39. The SMILES string of the molecule is CCO[C@H]1O[C@H]2O[C@@]3(C)C[C@H](O)[C@H]4[C@H](C)CC[C@@H]([C@H]1C)[C@]24OO3. The minimum Gasteiger partial charge on any atom is -0.392 e. The van der Waals surface area contributed by atoms with Crippen LogP contribution in [0.25, 0.3) is 0 Å². The van der Waals surface area contributed by atoms with Crippen LogP contribution in [0.4, 0.5) is 0 Å². The molecule has 6 heteroatoms. The molecule has 1 N–H and O–H groups in total. The van der Waals surface area contributed by atoms with Crippen LogP contribution < -0.4 is 0 Å². The molecule has 132 valence electrons. The van der Waals surface area contributed by atoms with Crippen LogP contribution in [0.5, 0.6) is 0 Å². The molecule has 0 radical (unpaired) electrons. The van der Waals surface area contributed by atoms with E-state index in [1.165, 1.54) is 0 Å². The molecule has 5 rings (SSSR count). The highest BCUT2D eigenvalue weighted by Crippen LogP contribution is 2.60. The van der Waals surface area contributed by atoms with Crippen LogP contribution in [0.1, 0.15) is 47.0 Å². The monoisotopic (exact) mass is 328 g/mol. The van der Waals surface area contributed by atoms with Crippen molar-refractivity contribution in [1.82, 2.24) is 0 Å². The molecule has 4 aliphatic heterocycles. The van der Waals surface area contributed by atoms with Crippen molar-refractivity contribution in [2.45, 2.75) is 77.0 Å². The fourth-order valence-electron chi connectivity index (χ4n) is 5.39. The van der Waals surface area contributed by atoms with Crippen molar-refractivity contribution in [2.75, 3.05) is 6.61 Å². The summed E-state index contributed by atoms with van der Waals surface area (Å²) in [7, 11) is 0. The lowest BCUT2D eigenvalue weighted by atomic mass is 9.57. The van der Waals surface area contributed by atoms with E-state index >= 15 is 0 Å². The summed E-state index contributed by atoms with van der Waals surface area (Å²) in [6.07, 6.45) is 1.05. The van der Waals surface area contributed by atoms with Crippen molar-refractivity contribution < 1.29 is 29.1 Å². The van der Waals surface area contributed by atoms with Crippen molar-refractivity contribution in [3.05, 3.63) is 0 Å². The Balaban J connectivity index is 1.79. The molecule has 0 aromatic carbocycles. The van der Waals surface area contributed by atoms with Gasteiger partial charge in [0.1, 0.15) is 0 Å². The van der Waals surface area contributed by atoms with E-state index in [-0.39, 0.29) is 24.0 Å². The van der Waals surface area contributed by atoms with Gasteiger partial charge in [0.2, 0.25) is 5.79 Å². The van der Waals surface area contributed by atoms with Crippen LogP contribution in [0.15, 0.2) is 0 Å². The Morgan fingerprint density at radius 2 is 2.00 bits per heavy atom. The van der Waals surface area contributed by atoms with E-state index in [1.54, 1.807) is 6.92 Å². The maximum Gasteiger partial charge on any atom is 0.204 e. The molecule has 9 atom stereocenters. The highest BCUT2D eigenvalue weighted by atomic mass is 17.3. The van der Waals surface area contributed by atoms with Gasteiger partial charge in [0, 0.05) is 30.8 Å². The second-order valence-corrected chi connectivity index (χ2v) is 7.88. The zero-order chi connectivity index (χ0) is 16.4. The zero-order valence-corrected chi connectivity index (χ0v) is 14.4. The van der Waals surface area contributed by atoms with Crippen molar-refractivity contribution in [1.29, 1.82) is 0 Å².